The summed E-state index contributed by atoms with van der Waals surface area (Å²) in [5.41, 5.74) is 2.58. The zero-order valence-electron chi connectivity index (χ0n) is 15.7. The second-order valence-electron chi connectivity index (χ2n) is 6.27. The Morgan fingerprint density at radius 2 is 2.04 bits per heavy atom. The molecule has 7 nitrogen and oxygen atoms in total. The number of hydrogen-bond acceptors (Lipinski definition) is 5. The number of hydrogen-bond donors (Lipinski definition) is 1. The molecule has 1 N–H and O–H groups in total. The number of carbonyl (C=O) groups is 1. The molecule has 0 unspecified atom stereocenters. The van der Waals surface area contributed by atoms with E-state index in [-0.39, 0.29) is 11.7 Å². The van der Waals surface area contributed by atoms with Gasteiger partial charge in [0.05, 0.1) is 17.0 Å². The number of para-hydroxylation sites is 1. The van der Waals surface area contributed by atoms with Gasteiger partial charge >= 0.3 is 0 Å². The van der Waals surface area contributed by atoms with E-state index in [2.05, 4.69) is 20.5 Å². The number of benzene rings is 1. The fraction of sp³-hybridized carbons (Fsp3) is 0.200. The molecule has 0 spiro atoms. The standard InChI is InChI=1S/C20H20N6OS/c1-3-26-19(16-8-4-5-11-21-16)23-24-20(26)28-13-17(27)22-15-9-6-7-14-10-12-25(2)18(14)15/h4-12H,3,13H2,1-2H3,(H,22,27). The monoisotopic (exact) mass is 392 g/mol. The van der Waals surface area contributed by atoms with Crippen LogP contribution in [0, 0.1) is 0 Å². The van der Waals surface area contributed by atoms with Crippen molar-refractivity contribution in [1.82, 2.24) is 24.3 Å². The lowest BCUT2D eigenvalue weighted by atomic mass is 10.2. The summed E-state index contributed by atoms with van der Waals surface area (Å²) >= 11 is 1.37. The van der Waals surface area contributed by atoms with Gasteiger partial charge in [-0.1, -0.05) is 30.0 Å². The summed E-state index contributed by atoms with van der Waals surface area (Å²) < 4.78 is 3.98. The van der Waals surface area contributed by atoms with Gasteiger partial charge < -0.3 is 14.5 Å². The van der Waals surface area contributed by atoms with Gasteiger partial charge in [0.25, 0.3) is 0 Å². The van der Waals surface area contributed by atoms with E-state index in [0.29, 0.717) is 17.5 Å². The van der Waals surface area contributed by atoms with E-state index in [0.717, 1.165) is 22.3 Å². The molecule has 142 valence electrons. The van der Waals surface area contributed by atoms with Crippen LogP contribution in [-0.4, -0.2) is 36.0 Å². The predicted molar refractivity (Wildman–Crippen MR) is 111 cm³/mol. The molecule has 8 heteroatoms. The molecule has 1 aromatic carbocycles. The van der Waals surface area contributed by atoms with Crippen LogP contribution in [0.1, 0.15) is 6.92 Å². The number of amides is 1. The molecule has 0 radical (unpaired) electrons. The summed E-state index contributed by atoms with van der Waals surface area (Å²) in [7, 11) is 1.97. The lowest BCUT2D eigenvalue weighted by molar-refractivity contribution is -0.113. The highest BCUT2D eigenvalue weighted by Crippen LogP contribution is 2.25. The SMILES string of the molecule is CCn1c(SCC(=O)Nc2cccc3ccn(C)c23)nnc1-c1ccccn1. The van der Waals surface area contributed by atoms with Crippen LogP contribution in [0.25, 0.3) is 22.4 Å². The molecule has 0 aliphatic carbocycles. The Bertz CT molecular complexity index is 1120. The highest BCUT2D eigenvalue weighted by molar-refractivity contribution is 7.99. The van der Waals surface area contributed by atoms with E-state index in [4.69, 9.17) is 0 Å². The van der Waals surface area contributed by atoms with Crippen molar-refractivity contribution in [2.75, 3.05) is 11.1 Å². The Hall–Kier alpha value is -3.13. The summed E-state index contributed by atoms with van der Waals surface area (Å²) in [5.74, 6) is 0.879. The number of nitrogens with zero attached hydrogens (tertiary/aromatic N) is 5. The zero-order chi connectivity index (χ0) is 19.5. The average molecular weight is 392 g/mol. The number of thioether (sulfide) groups is 1. The predicted octanol–water partition coefficient (Wildman–Crippen LogP) is 3.58. The quantitative estimate of drug-likeness (QED) is 0.508. The van der Waals surface area contributed by atoms with Crippen molar-refractivity contribution in [3.05, 3.63) is 54.9 Å². The molecule has 1 amide bonds. The topological polar surface area (TPSA) is 77.6 Å². The molecule has 0 aliphatic heterocycles. The highest BCUT2D eigenvalue weighted by atomic mass is 32.2. The van der Waals surface area contributed by atoms with E-state index in [1.807, 2.05) is 71.8 Å². The first-order valence-corrected chi connectivity index (χ1v) is 9.97. The number of nitrogens with one attached hydrogen (secondary N) is 1. The normalized spacial score (nSPS) is 11.1. The van der Waals surface area contributed by atoms with Crippen LogP contribution in [0.4, 0.5) is 5.69 Å². The number of aryl methyl sites for hydroxylation is 1. The van der Waals surface area contributed by atoms with E-state index in [9.17, 15) is 4.79 Å². The fourth-order valence-corrected chi connectivity index (χ4v) is 3.94. The Morgan fingerprint density at radius 3 is 2.82 bits per heavy atom. The van der Waals surface area contributed by atoms with Crippen molar-refractivity contribution in [3.8, 4) is 11.5 Å². The molecule has 28 heavy (non-hydrogen) atoms. The van der Waals surface area contributed by atoms with Crippen molar-refractivity contribution < 1.29 is 4.79 Å². The van der Waals surface area contributed by atoms with E-state index >= 15 is 0 Å². The van der Waals surface area contributed by atoms with E-state index in [1.165, 1.54) is 11.8 Å². The minimum Gasteiger partial charge on any atom is -0.349 e. The van der Waals surface area contributed by atoms with Crippen molar-refractivity contribution in [2.45, 2.75) is 18.6 Å². The Morgan fingerprint density at radius 1 is 1.14 bits per heavy atom. The van der Waals surface area contributed by atoms with Crippen LogP contribution >= 0.6 is 11.8 Å². The molecular weight excluding hydrogens is 372 g/mol. The van der Waals surface area contributed by atoms with Crippen molar-refractivity contribution in [2.24, 2.45) is 7.05 Å². The molecule has 0 saturated heterocycles. The summed E-state index contributed by atoms with van der Waals surface area (Å²) in [6, 6.07) is 13.6. The van der Waals surface area contributed by atoms with Crippen LogP contribution in [0.15, 0.2) is 60.0 Å². The number of aromatic nitrogens is 5. The molecular formula is C20H20N6OS. The number of pyridine rings is 1. The average Bonchev–Trinajstić information content (AvgIpc) is 3.31. The fourth-order valence-electron chi connectivity index (χ4n) is 3.14. The smallest absolute Gasteiger partial charge is 0.234 e. The first-order valence-electron chi connectivity index (χ1n) is 8.98. The molecule has 0 atom stereocenters. The molecule has 0 bridgehead atoms. The Kier molecular flexibility index (Phi) is 5.12. The lowest BCUT2D eigenvalue weighted by Crippen LogP contribution is -2.15. The molecule has 4 rings (SSSR count). The van der Waals surface area contributed by atoms with Gasteiger partial charge in [0.15, 0.2) is 11.0 Å². The maximum Gasteiger partial charge on any atom is 0.234 e. The van der Waals surface area contributed by atoms with Gasteiger partial charge in [0, 0.05) is 31.4 Å². The van der Waals surface area contributed by atoms with Crippen molar-refractivity contribution in [1.29, 1.82) is 0 Å². The number of carbonyl (C=O) groups excluding carboxylic acids is 1. The third-order valence-corrected chi connectivity index (χ3v) is 5.40. The summed E-state index contributed by atoms with van der Waals surface area (Å²) in [5, 5.41) is 13.3. The number of fused-ring (bicyclic) bond motifs is 1. The molecule has 0 fully saturated rings. The minimum absolute atomic E-state index is 0.0799. The first kappa shape index (κ1) is 18.2. The van der Waals surface area contributed by atoms with Gasteiger partial charge in [-0.05, 0) is 31.2 Å². The number of anilines is 1. The Labute approximate surface area is 166 Å². The third-order valence-electron chi connectivity index (χ3n) is 4.43. The van der Waals surface area contributed by atoms with Gasteiger partial charge in [-0.25, -0.2) is 0 Å². The third kappa shape index (κ3) is 3.50. The second kappa shape index (κ2) is 7.85. The van der Waals surface area contributed by atoms with Crippen LogP contribution in [-0.2, 0) is 18.4 Å². The molecule has 4 aromatic rings. The summed E-state index contributed by atoms with van der Waals surface area (Å²) in [6.45, 7) is 2.72. The van der Waals surface area contributed by atoms with Gasteiger partial charge in [0.1, 0.15) is 5.69 Å². The van der Waals surface area contributed by atoms with Gasteiger partial charge in [0.2, 0.25) is 5.91 Å². The van der Waals surface area contributed by atoms with Crippen LogP contribution in [0.5, 0.6) is 0 Å². The van der Waals surface area contributed by atoms with Gasteiger partial charge in [-0.2, -0.15) is 0 Å². The van der Waals surface area contributed by atoms with E-state index in [1.54, 1.807) is 6.20 Å². The van der Waals surface area contributed by atoms with Crippen molar-refractivity contribution >= 4 is 34.3 Å². The van der Waals surface area contributed by atoms with Crippen LogP contribution in [0.3, 0.4) is 0 Å². The maximum absolute atomic E-state index is 12.5. The zero-order valence-corrected chi connectivity index (χ0v) is 16.5. The summed E-state index contributed by atoms with van der Waals surface area (Å²) in [4.78, 5) is 16.9. The molecule has 0 saturated carbocycles. The van der Waals surface area contributed by atoms with Gasteiger partial charge in [-0.3, -0.25) is 9.78 Å². The highest BCUT2D eigenvalue weighted by Gasteiger charge is 2.16. The second-order valence-corrected chi connectivity index (χ2v) is 7.21. The van der Waals surface area contributed by atoms with E-state index < -0.39 is 0 Å². The molecule has 3 heterocycles. The van der Waals surface area contributed by atoms with Crippen LogP contribution < -0.4 is 5.32 Å². The maximum atomic E-state index is 12.5. The molecule has 3 aromatic heterocycles. The van der Waals surface area contributed by atoms with Gasteiger partial charge in [-0.15, -0.1) is 10.2 Å². The summed E-state index contributed by atoms with van der Waals surface area (Å²) in [6.07, 6.45) is 3.71. The van der Waals surface area contributed by atoms with Crippen LogP contribution in [0.2, 0.25) is 0 Å². The van der Waals surface area contributed by atoms with Crippen molar-refractivity contribution in [3.63, 3.8) is 0 Å². The Balaban J connectivity index is 1.48. The first-order chi connectivity index (χ1) is 13.7. The largest absolute Gasteiger partial charge is 0.349 e. The lowest BCUT2D eigenvalue weighted by Gasteiger charge is -2.09. The minimum atomic E-state index is -0.0799. The number of rotatable bonds is 6. The molecule has 0 aliphatic rings.